The van der Waals surface area contributed by atoms with Gasteiger partial charge in [-0.1, -0.05) is 91.0 Å². The molecule has 0 aliphatic heterocycles. The van der Waals surface area contributed by atoms with E-state index in [0.717, 1.165) is 22.9 Å². The van der Waals surface area contributed by atoms with Crippen molar-refractivity contribution in [3.8, 4) is 0 Å². The molecule has 0 bridgehead atoms. The highest BCUT2D eigenvalue weighted by atomic mass is 19.1. The lowest BCUT2D eigenvalue weighted by Crippen LogP contribution is -2.38. The molecule has 0 radical (unpaired) electrons. The Morgan fingerprint density at radius 2 is 1.27 bits per heavy atom. The molecule has 0 N–H and O–H groups in total. The van der Waals surface area contributed by atoms with Crippen LogP contribution < -0.4 is 0 Å². The lowest BCUT2D eigenvalue weighted by Gasteiger charge is -2.37. The van der Waals surface area contributed by atoms with Crippen LogP contribution >= 0.6 is 0 Å². The summed E-state index contributed by atoms with van der Waals surface area (Å²) in [5.74, 6) is 0. The number of rotatable bonds is 6. The minimum atomic E-state index is -1.05. The Morgan fingerprint density at radius 3 is 1.67 bits per heavy atom. The Hall–Kier alpha value is -4.06. The summed E-state index contributed by atoms with van der Waals surface area (Å²) in [6, 6.07) is 28.7. The lowest BCUT2D eigenvalue weighted by molar-refractivity contribution is -0.401. The molecule has 3 aromatic carbocycles. The Balaban J connectivity index is 2.08. The third-order valence-electron chi connectivity index (χ3n) is 4.98. The summed E-state index contributed by atoms with van der Waals surface area (Å²) >= 11 is 0. The summed E-state index contributed by atoms with van der Waals surface area (Å²) in [4.78, 5) is 14.0. The average Bonchev–Trinajstić information content (AvgIpc) is 3.16. The van der Waals surface area contributed by atoms with E-state index in [1.54, 1.807) is 0 Å². The predicted molar refractivity (Wildman–Crippen MR) is 113 cm³/mol. The topological polar surface area (TPSA) is 61.0 Å². The van der Waals surface area contributed by atoms with Crippen LogP contribution in [0.2, 0.25) is 0 Å². The predicted octanol–water partition coefficient (Wildman–Crippen LogP) is 5.11. The fourth-order valence-electron chi connectivity index (χ4n) is 3.78. The number of nitro groups is 1. The van der Waals surface area contributed by atoms with Gasteiger partial charge in [0.15, 0.2) is 0 Å². The number of hydrogen-bond acceptors (Lipinski definition) is 3. The first-order chi connectivity index (χ1) is 14.6. The molecule has 30 heavy (non-hydrogen) atoms. The van der Waals surface area contributed by atoms with Crippen LogP contribution in [0.15, 0.2) is 103 Å². The van der Waals surface area contributed by atoms with Crippen LogP contribution in [0, 0.1) is 16.2 Å². The summed E-state index contributed by atoms with van der Waals surface area (Å²) in [5.41, 5.74) is 1.62. The fraction of sp³-hybridized carbons (Fsp3) is 0.0417. The molecule has 4 rings (SSSR count). The number of hydrogen-bond donors (Lipinski definition) is 0. The van der Waals surface area contributed by atoms with Crippen molar-refractivity contribution in [2.75, 3.05) is 0 Å². The quantitative estimate of drug-likeness (QED) is 0.257. The smallest absolute Gasteiger partial charge is 0.288 e. The summed E-state index contributed by atoms with van der Waals surface area (Å²) in [6.45, 7) is 0. The van der Waals surface area contributed by atoms with Crippen molar-refractivity contribution in [3.05, 3.63) is 142 Å². The van der Waals surface area contributed by atoms with E-state index >= 15 is 4.39 Å². The number of benzene rings is 3. The third-order valence-corrected chi connectivity index (χ3v) is 4.98. The van der Waals surface area contributed by atoms with Crippen molar-refractivity contribution in [2.24, 2.45) is 0 Å². The van der Waals surface area contributed by atoms with Crippen molar-refractivity contribution >= 4 is 6.08 Å². The molecule has 1 aromatic heterocycles. The van der Waals surface area contributed by atoms with E-state index < -0.39 is 16.5 Å². The molecule has 0 aliphatic rings. The van der Waals surface area contributed by atoms with Crippen LogP contribution in [-0.4, -0.2) is 14.5 Å². The van der Waals surface area contributed by atoms with Crippen LogP contribution in [-0.2, 0) is 5.54 Å². The highest BCUT2D eigenvalue weighted by molar-refractivity contribution is 5.52. The van der Waals surface area contributed by atoms with E-state index in [0.29, 0.717) is 0 Å². The van der Waals surface area contributed by atoms with Crippen molar-refractivity contribution in [3.63, 3.8) is 0 Å². The Labute approximate surface area is 172 Å². The summed E-state index contributed by atoms with van der Waals surface area (Å²) in [6.07, 6.45) is 2.70. The zero-order valence-electron chi connectivity index (χ0n) is 15.9. The maximum Gasteiger partial charge on any atom is 0.291 e. The Morgan fingerprint density at radius 1 is 0.833 bits per heavy atom. The van der Waals surface area contributed by atoms with Gasteiger partial charge in [-0.3, -0.25) is 14.7 Å². The van der Waals surface area contributed by atoms with Crippen LogP contribution in [0.1, 0.15) is 22.4 Å². The minimum absolute atomic E-state index is 0.163. The van der Waals surface area contributed by atoms with E-state index in [-0.39, 0.29) is 5.69 Å². The second-order valence-corrected chi connectivity index (χ2v) is 6.71. The van der Waals surface area contributed by atoms with E-state index in [1.165, 1.54) is 16.8 Å². The molecule has 0 unspecified atom stereocenters. The monoisotopic (exact) mass is 399 g/mol. The molecule has 0 aliphatic carbocycles. The normalized spacial score (nSPS) is 11.6. The number of imidazole rings is 1. The van der Waals surface area contributed by atoms with E-state index in [9.17, 15) is 10.1 Å². The van der Waals surface area contributed by atoms with Gasteiger partial charge in [0, 0.05) is 12.3 Å². The molecule has 148 valence electrons. The van der Waals surface area contributed by atoms with Crippen LogP contribution in [0.3, 0.4) is 0 Å². The zero-order chi connectivity index (χ0) is 21.0. The van der Waals surface area contributed by atoms with Gasteiger partial charge in [0.2, 0.25) is 6.20 Å². The molecule has 0 fully saturated rings. The first-order valence-electron chi connectivity index (χ1n) is 9.36. The Kier molecular flexibility index (Phi) is 5.22. The van der Waals surface area contributed by atoms with Gasteiger partial charge in [-0.05, 0) is 16.7 Å². The SMILES string of the molecule is O=[N+]([O-])/C=C/c1cn(C(c2ccccc2)(c2ccccc2)c2ccccc2)c(F)n1. The van der Waals surface area contributed by atoms with Gasteiger partial charge >= 0.3 is 0 Å². The molecule has 0 amide bonds. The minimum Gasteiger partial charge on any atom is -0.288 e. The molecule has 0 spiro atoms. The molecule has 4 aromatic rings. The number of halogens is 1. The molecule has 0 atom stereocenters. The van der Waals surface area contributed by atoms with Crippen molar-refractivity contribution in [1.29, 1.82) is 0 Å². The second kappa shape index (κ2) is 8.13. The van der Waals surface area contributed by atoms with Gasteiger partial charge in [0.05, 0.1) is 10.6 Å². The van der Waals surface area contributed by atoms with Crippen LogP contribution in [0.5, 0.6) is 0 Å². The highest BCUT2D eigenvalue weighted by Crippen LogP contribution is 2.41. The first-order valence-corrected chi connectivity index (χ1v) is 9.36. The van der Waals surface area contributed by atoms with Gasteiger partial charge in [-0.15, -0.1) is 0 Å². The average molecular weight is 399 g/mol. The van der Waals surface area contributed by atoms with Gasteiger partial charge < -0.3 is 0 Å². The maximum atomic E-state index is 15.3. The highest BCUT2D eigenvalue weighted by Gasteiger charge is 2.40. The standard InChI is InChI=1S/C24H18FN3O2/c25-23-26-22(16-17-28(29)30)18-27(23)24(19-10-4-1-5-11-19,20-12-6-2-7-13-20)21-14-8-3-9-15-21/h1-18H/b17-16+. The number of nitrogens with zero attached hydrogens (tertiary/aromatic N) is 3. The van der Waals surface area contributed by atoms with Crippen LogP contribution in [0.4, 0.5) is 4.39 Å². The lowest BCUT2D eigenvalue weighted by atomic mass is 9.76. The largest absolute Gasteiger partial charge is 0.291 e. The molecular weight excluding hydrogens is 381 g/mol. The maximum absolute atomic E-state index is 15.3. The summed E-state index contributed by atoms with van der Waals surface area (Å²) in [5, 5.41) is 10.7. The van der Waals surface area contributed by atoms with E-state index in [2.05, 4.69) is 4.98 Å². The van der Waals surface area contributed by atoms with Crippen molar-refractivity contribution < 1.29 is 9.31 Å². The number of aromatic nitrogens is 2. The molecule has 5 nitrogen and oxygen atoms in total. The van der Waals surface area contributed by atoms with E-state index in [1.807, 2.05) is 91.0 Å². The van der Waals surface area contributed by atoms with Crippen molar-refractivity contribution in [2.45, 2.75) is 5.54 Å². The van der Waals surface area contributed by atoms with Gasteiger partial charge in [-0.25, -0.2) is 4.98 Å². The van der Waals surface area contributed by atoms with Crippen LogP contribution in [0.25, 0.3) is 6.08 Å². The Bertz CT molecular complexity index is 1080. The molecule has 0 saturated carbocycles. The van der Waals surface area contributed by atoms with Crippen molar-refractivity contribution in [1.82, 2.24) is 9.55 Å². The summed E-state index contributed by atoms with van der Waals surface area (Å²) in [7, 11) is 0. The molecule has 1 heterocycles. The molecule has 6 heteroatoms. The fourth-order valence-corrected chi connectivity index (χ4v) is 3.78. The molecule has 0 saturated heterocycles. The van der Waals surface area contributed by atoms with Gasteiger partial charge in [-0.2, -0.15) is 4.39 Å². The van der Waals surface area contributed by atoms with Gasteiger partial charge in [0.25, 0.3) is 6.08 Å². The summed E-state index contributed by atoms with van der Waals surface area (Å²) < 4.78 is 16.8. The third kappa shape index (κ3) is 3.39. The van der Waals surface area contributed by atoms with E-state index in [4.69, 9.17) is 0 Å². The zero-order valence-corrected chi connectivity index (χ0v) is 15.9. The second-order valence-electron chi connectivity index (χ2n) is 6.71. The molecular formula is C24H18FN3O2. The van der Waals surface area contributed by atoms with Gasteiger partial charge in [0.1, 0.15) is 5.54 Å². The first kappa shape index (κ1) is 19.3.